The molecule has 0 heterocycles. The Bertz CT molecular complexity index is 207. The number of rotatable bonds is 6. The quantitative estimate of drug-likeness (QED) is 0.512. The van der Waals surface area contributed by atoms with Gasteiger partial charge in [-0.05, 0) is 13.3 Å². The second-order valence-corrected chi connectivity index (χ2v) is 3.26. The summed E-state index contributed by atoms with van der Waals surface area (Å²) in [4.78, 5) is 22.1. The van der Waals surface area contributed by atoms with E-state index in [4.69, 9.17) is 4.74 Å². The van der Waals surface area contributed by atoms with Crippen molar-refractivity contribution in [2.45, 2.75) is 27.2 Å². The van der Waals surface area contributed by atoms with Crippen LogP contribution >= 0.6 is 0 Å². The van der Waals surface area contributed by atoms with Crippen LogP contribution < -0.4 is 10.6 Å². The van der Waals surface area contributed by atoms with Crippen molar-refractivity contribution in [3.05, 3.63) is 0 Å². The Balaban J connectivity index is 3.46. The molecule has 2 N–H and O–H groups in total. The van der Waals surface area contributed by atoms with E-state index in [1.165, 1.54) is 0 Å². The molecule has 88 valence electrons. The molecule has 0 aromatic rings. The summed E-state index contributed by atoms with van der Waals surface area (Å²) in [5.41, 5.74) is 0. The first-order chi connectivity index (χ1) is 7.11. The summed E-state index contributed by atoms with van der Waals surface area (Å²) >= 11 is 0. The highest BCUT2D eigenvalue weighted by Crippen LogP contribution is 2.02. The average molecular weight is 216 g/mol. The van der Waals surface area contributed by atoms with Gasteiger partial charge in [-0.25, -0.2) is 4.79 Å². The van der Waals surface area contributed by atoms with Gasteiger partial charge in [0, 0.05) is 6.54 Å². The molecule has 0 spiro atoms. The fraction of sp³-hybridized carbons (Fsp3) is 0.800. The maximum absolute atomic E-state index is 11.2. The topological polar surface area (TPSA) is 67.4 Å². The highest BCUT2D eigenvalue weighted by Gasteiger charge is 2.11. The zero-order valence-corrected chi connectivity index (χ0v) is 9.63. The molecule has 5 heteroatoms. The van der Waals surface area contributed by atoms with Crippen LogP contribution in [0.1, 0.15) is 27.2 Å². The Morgan fingerprint density at radius 2 is 1.93 bits per heavy atom. The molecule has 0 fully saturated rings. The number of nitrogens with one attached hydrogen (secondary N) is 2. The number of hydrogen-bond acceptors (Lipinski definition) is 3. The molecule has 0 aromatic heterocycles. The van der Waals surface area contributed by atoms with E-state index >= 15 is 0 Å². The number of amides is 2. The molecule has 0 unspecified atom stereocenters. The molecule has 0 radical (unpaired) electrons. The molecule has 1 atom stereocenters. The minimum Gasteiger partial charge on any atom is -0.464 e. The van der Waals surface area contributed by atoms with E-state index < -0.39 is 0 Å². The van der Waals surface area contributed by atoms with Crippen LogP contribution in [0.2, 0.25) is 0 Å². The van der Waals surface area contributed by atoms with Crippen LogP contribution in [-0.4, -0.2) is 31.7 Å². The Labute approximate surface area is 90.6 Å². The van der Waals surface area contributed by atoms with Crippen molar-refractivity contribution in [3.8, 4) is 0 Å². The molecule has 15 heavy (non-hydrogen) atoms. The maximum atomic E-state index is 11.2. The lowest BCUT2D eigenvalue weighted by atomic mass is 10.1. The molecule has 0 saturated heterocycles. The van der Waals surface area contributed by atoms with Crippen LogP contribution in [0, 0.1) is 5.92 Å². The molecule has 0 aromatic carbocycles. The lowest BCUT2D eigenvalue weighted by molar-refractivity contribution is -0.147. The Kier molecular flexibility index (Phi) is 7.40. The molecule has 0 saturated carbocycles. The van der Waals surface area contributed by atoms with Gasteiger partial charge in [0.05, 0.1) is 12.5 Å². The molecule has 2 amide bonds. The van der Waals surface area contributed by atoms with E-state index in [0.717, 1.165) is 6.42 Å². The van der Waals surface area contributed by atoms with Crippen LogP contribution in [0.3, 0.4) is 0 Å². The first kappa shape index (κ1) is 13.7. The first-order valence-corrected chi connectivity index (χ1v) is 5.30. The lowest BCUT2D eigenvalue weighted by Gasteiger charge is -2.09. The van der Waals surface area contributed by atoms with Gasteiger partial charge in [-0.1, -0.05) is 13.8 Å². The molecule has 0 bridgehead atoms. The number of hydrogen-bond donors (Lipinski definition) is 2. The smallest absolute Gasteiger partial charge is 0.314 e. The van der Waals surface area contributed by atoms with Crippen LogP contribution in [0.5, 0.6) is 0 Å². The Morgan fingerprint density at radius 3 is 2.47 bits per heavy atom. The SMILES string of the molecule is CCNC(=O)NCCOC(=O)[C@@H](C)CC. The van der Waals surface area contributed by atoms with E-state index in [9.17, 15) is 9.59 Å². The number of ether oxygens (including phenoxy) is 1. The van der Waals surface area contributed by atoms with Crippen LogP contribution in [-0.2, 0) is 9.53 Å². The van der Waals surface area contributed by atoms with Crippen LogP contribution in [0.25, 0.3) is 0 Å². The lowest BCUT2D eigenvalue weighted by Crippen LogP contribution is -2.37. The van der Waals surface area contributed by atoms with Crippen molar-refractivity contribution >= 4 is 12.0 Å². The fourth-order valence-electron chi connectivity index (χ4n) is 0.848. The van der Waals surface area contributed by atoms with Gasteiger partial charge in [0.2, 0.25) is 0 Å². The summed E-state index contributed by atoms with van der Waals surface area (Å²) < 4.78 is 4.94. The number of urea groups is 1. The summed E-state index contributed by atoms with van der Waals surface area (Å²) in [6.07, 6.45) is 0.766. The molecule has 0 aliphatic carbocycles. The first-order valence-electron chi connectivity index (χ1n) is 5.30. The molecular formula is C10H20N2O3. The molecule has 5 nitrogen and oxygen atoms in total. The van der Waals surface area contributed by atoms with E-state index in [1.54, 1.807) is 0 Å². The van der Waals surface area contributed by atoms with E-state index in [2.05, 4.69) is 10.6 Å². The maximum Gasteiger partial charge on any atom is 0.314 e. The molecule has 0 aliphatic heterocycles. The van der Waals surface area contributed by atoms with Gasteiger partial charge >= 0.3 is 12.0 Å². The summed E-state index contributed by atoms with van der Waals surface area (Å²) in [6, 6.07) is -0.239. The van der Waals surface area contributed by atoms with Crippen molar-refractivity contribution in [1.29, 1.82) is 0 Å². The predicted molar refractivity (Wildman–Crippen MR) is 57.5 cm³/mol. The minimum atomic E-state index is -0.239. The van der Waals surface area contributed by atoms with Gasteiger partial charge in [0.15, 0.2) is 0 Å². The van der Waals surface area contributed by atoms with Gasteiger partial charge in [-0.2, -0.15) is 0 Å². The van der Waals surface area contributed by atoms with E-state index in [-0.39, 0.29) is 24.5 Å². The largest absolute Gasteiger partial charge is 0.464 e. The third-order valence-corrected chi connectivity index (χ3v) is 1.98. The molecule has 0 aliphatic rings. The number of esters is 1. The van der Waals surface area contributed by atoms with Crippen molar-refractivity contribution in [3.63, 3.8) is 0 Å². The highest BCUT2D eigenvalue weighted by atomic mass is 16.5. The van der Waals surface area contributed by atoms with Gasteiger partial charge in [-0.3, -0.25) is 4.79 Å². The monoisotopic (exact) mass is 216 g/mol. The van der Waals surface area contributed by atoms with Crippen molar-refractivity contribution in [1.82, 2.24) is 10.6 Å². The highest BCUT2D eigenvalue weighted by molar-refractivity contribution is 5.74. The third-order valence-electron chi connectivity index (χ3n) is 1.98. The average Bonchev–Trinajstić information content (AvgIpc) is 2.23. The van der Waals surface area contributed by atoms with Crippen LogP contribution in [0.15, 0.2) is 0 Å². The molecule has 0 rings (SSSR count). The standard InChI is InChI=1S/C10H20N2O3/c1-4-8(3)9(13)15-7-6-12-10(14)11-5-2/h8H,4-7H2,1-3H3,(H2,11,12,14)/t8-/m0/s1. The van der Waals surface area contributed by atoms with Crippen molar-refractivity contribution < 1.29 is 14.3 Å². The summed E-state index contributed by atoms with van der Waals surface area (Å²) in [7, 11) is 0. The predicted octanol–water partition coefficient (Wildman–Crippen LogP) is 0.895. The summed E-state index contributed by atoms with van der Waals surface area (Å²) in [6.45, 7) is 6.73. The zero-order chi connectivity index (χ0) is 11.7. The summed E-state index contributed by atoms with van der Waals surface area (Å²) in [5, 5.41) is 5.15. The minimum absolute atomic E-state index is 0.0746. The Morgan fingerprint density at radius 1 is 1.27 bits per heavy atom. The van der Waals surface area contributed by atoms with Gasteiger partial charge in [-0.15, -0.1) is 0 Å². The second-order valence-electron chi connectivity index (χ2n) is 3.26. The van der Waals surface area contributed by atoms with E-state index in [0.29, 0.717) is 13.1 Å². The Hall–Kier alpha value is -1.26. The third kappa shape index (κ3) is 6.76. The summed E-state index contributed by atoms with van der Waals surface area (Å²) in [5.74, 6) is -0.287. The zero-order valence-electron chi connectivity index (χ0n) is 9.63. The second kappa shape index (κ2) is 8.08. The van der Waals surface area contributed by atoms with Gasteiger partial charge < -0.3 is 15.4 Å². The number of carbonyl (C=O) groups excluding carboxylic acids is 2. The van der Waals surface area contributed by atoms with Crippen molar-refractivity contribution in [2.75, 3.05) is 19.7 Å². The normalized spacial score (nSPS) is 11.7. The molecular weight excluding hydrogens is 196 g/mol. The van der Waals surface area contributed by atoms with Gasteiger partial charge in [0.25, 0.3) is 0 Å². The van der Waals surface area contributed by atoms with Crippen molar-refractivity contribution in [2.24, 2.45) is 5.92 Å². The fourth-order valence-corrected chi connectivity index (χ4v) is 0.848. The van der Waals surface area contributed by atoms with Gasteiger partial charge in [0.1, 0.15) is 6.61 Å². The van der Waals surface area contributed by atoms with E-state index in [1.807, 2.05) is 20.8 Å². The van der Waals surface area contributed by atoms with Crippen LogP contribution in [0.4, 0.5) is 4.79 Å². The number of carbonyl (C=O) groups is 2.